The summed E-state index contributed by atoms with van der Waals surface area (Å²) in [6.07, 6.45) is 1.58. The zero-order chi connectivity index (χ0) is 23.4. The summed E-state index contributed by atoms with van der Waals surface area (Å²) in [6, 6.07) is 16.1. The van der Waals surface area contributed by atoms with Crippen LogP contribution >= 0.6 is 15.9 Å². The predicted octanol–water partition coefficient (Wildman–Crippen LogP) is 5.27. The van der Waals surface area contributed by atoms with Crippen molar-refractivity contribution in [1.82, 2.24) is 4.98 Å². The molecule has 0 aliphatic carbocycles. The number of pyridine rings is 1. The van der Waals surface area contributed by atoms with Crippen LogP contribution < -0.4 is 15.6 Å². The summed E-state index contributed by atoms with van der Waals surface area (Å²) in [5.41, 5.74) is 3.26. The Morgan fingerprint density at radius 3 is 2.58 bits per heavy atom. The molecule has 168 valence electrons. The van der Waals surface area contributed by atoms with Gasteiger partial charge in [-0.1, -0.05) is 15.9 Å². The number of hydrogen-bond donors (Lipinski definition) is 2. The van der Waals surface area contributed by atoms with Gasteiger partial charge in [-0.3, -0.25) is 9.78 Å². The van der Waals surface area contributed by atoms with Gasteiger partial charge < -0.3 is 19.6 Å². The maximum Gasteiger partial charge on any atom is 0.261 e. The van der Waals surface area contributed by atoms with Gasteiger partial charge in [0, 0.05) is 27.3 Å². The van der Waals surface area contributed by atoms with Gasteiger partial charge in [0.2, 0.25) is 5.55 Å². The molecule has 33 heavy (non-hydrogen) atoms. The molecule has 2 heterocycles. The van der Waals surface area contributed by atoms with Gasteiger partial charge in [0.25, 0.3) is 5.91 Å². The molecular formula is C25H22BrN3O4. The molecule has 0 radical (unpaired) electrons. The third-order valence-corrected chi connectivity index (χ3v) is 5.48. The molecule has 2 N–H and O–H groups in total. The number of nitrogens with zero attached hydrogens (tertiary/aromatic N) is 2. The van der Waals surface area contributed by atoms with E-state index in [1.54, 1.807) is 43.5 Å². The Kier molecular flexibility index (Phi) is 6.86. The fraction of sp³-hybridized carbons (Fsp3) is 0.160. The minimum atomic E-state index is -0.383. The molecule has 0 aliphatic heterocycles. The van der Waals surface area contributed by atoms with Gasteiger partial charge in [0.15, 0.2) is 5.58 Å². The van der Waals surface area contributed by atoms with Crippen molar-refractivity contribution >= 4 is 44.2 Å². The molecule has 8 heteroatoms. The van der Waals surface area contributed by atoms with Gasteiger partial charge >= 0.3 is 0 Å². The highest BCUT2D eigenvalue weighted by Gasteiger charge is 2.16. The average molecular weight is 508 g/mol. The normalized spacial score (nSPS) is 11.6. The van der Waals surface area contributed by atoms with Gasteiger partial charge in [-0.15, -0.1) is 0 Å². The van der Waals surface area contributed by atoms with E-state index in [0.717, 1.165) is 10.2 Å². The molecule has 2 aromatic carbocycles. The lowest BCUT2D eigenvalue weighted by Gasteiger charge is -2.10. The van der Waals surface area contributed by atoms with E-state index in [0.29, 0.717) is 40.2 Å². The smallest absolute Gasteiger partial charge is 0.261 e. The number of aryl methyl sites for hydroxylation is 1. The summed E-state index contributed by atoms with van der Waals surface area (Å²) in [5.74, 6) is 0.346. The molecule has 0 bridgehead atoms. The van der Waals surface area contributed by atoms with Crippen molar-refractivity contribution in [3.63, 3.8) is 0 Å². The standard InChI is InChI=1S/C25H22BrN3O4/c1-3-32-20-10-8-19(9-11-20)29-25-22(24(31)28-18-6-4-17(26)5-7-18)12-21-16(14-30)13-27-15(2)23(21)33-25/h4-13,30H,3,14H2,1-2H3,(H,28,31). The fourth-order valence-corrected chi connectivity index (χ4v) is 3.56. The number of nitrogens with one attached hydrogen (secondary N) is 1. The Hall–Kier alpha value is -3.49. The number of amides is 1. The van der Waals surface area contributed by atoms with Crippen LogP contribution in [0.1, 0.15) is 28.5 Å². The highest BCUT2D eigenvalue weighted by Crippen LogP contribution is 2.23. The first kappa shape index (κ1) is 22.7. The van der Waals surface area contributed by atoms with Crippen LogP contribution in [0.2, 0.25) is 0 Å². The number of rotatable bonds is 6. The van der Waals surface area contributed by atoms with Crippen molar-refractivity contribution in [2.45, 2.75) is 20.5 Å². The van der Waals surface area contributed by atoms with E-state index in [4.69, 9.17) is 9.15 Å². The number of hydrogen-bond acceptors (Lipinski definition) is 6. The van der Waals surface area contributed by atoms with Crippen LogP contribution in [-0.4, -0.2) is 22.6 Å². The number of aromatic nitrogens is 1. The van der Waals surface area contributed by atoms with Crippen LogP contribution in [0.4, 0.5) is 11.4 Å². The van der Waals surface area contributed by atoms with Gasteiger partial charge in [0.05, 0.1) is 24.6 Å². The topological polar surface area (TPSA) is 97.0 Å². The minimum Gasteiger partial charge on any atom is -0.494 e. The number of carbonyl (C=O) groups excluding carboxylic acids is 1. The largest absolute Gasteiger partial charge is 0.494 e. The molecule has 0 fully saturated rings. The van der Waals surface area contributed by atoms with Crippen LogP contribution in [0.25, 0.3) is 11.0 Å². The maximum absolute atomic E-state index is 13.2. The number of benzene rings is 2. The van der Waals surface area contributed by atoms with Crippen LogP contribution in [-0.2, 0) is 6.61 Å². The second-order valence-corrected chi connectivity index (χ2v) is 8.15. The van der Waals surface area contributed by atoms with E-state index < -0.39 is 0 Å². The van der Waals surface area contributed by atoms with E-state index in [1.165, 1.54) is 0 Å². The Bertz CT molecular complexity index is 1360. The summed E-state index contributed by atoms with van der Waals surface area (Å²) >= 11 is 3.39. The van der Waals surface area contributed by atoms with E-state index in [2.05, 4.69) is 31.2 Å². The average Bonchev–Trinajstić information content (AvgIpc) is 2.82. The molecular weight excluding hydrogens is 486 g/mol. The number of halogens is 1. The molecule has 4 aromatic rings. The Morgan fingerprint density at radius 1 is 1.18 bits per heavy atom. The van der Waals surface area contributed by atoms with E-state index in [1.807, 2.05) is 31.2 Å². The van der Waals surface area contributed by atoms with Crippen LogP contribution in [0.5, 0.6) is 5.75 Å². The lowest BCUT2D eigenvalue weighted by molar-refractivity contribution is 0.102. The highest BCUT2D eigenvalue weighted by molar-refractivity contribution is 9.10. The van der Waals surface area contributed by atoms with Gasteiger partial charge in [0.1, 0.15) is 11.3 Å². The number of fused-ring (bicyclic) bond motifs is 1. The van der Waals surface area contributed by atoms with Crippen molar-refractivity contribution in [2.75, 3.05) is 11.9 Å². The third-order valence-electron chi connectivity index (χ3n) is 4.95. The molecule has 7 nitrogen and oxygen atoms in total. The zero-order valence-electron chi connectivity index (χ0n) is 18.1. The molecule has 0 saturated heterocycles. The summed E-state index contributed by atoms with van der Waals surface area (Å²) in [6.45, 7) is 4.05. The van der Waals surface area contributed by atoms with Crippen LogP contribution in [0.3, 0.4) is 0 Å². The Labute approximate surface area is 198 Å². The van der Waals surface area contributed by atoms with Crippen molar-refractivity contribution < 1.29 is 19.1 Å². The second kappa shape index (κ2) is 9.97. The highest BCUT2D eigenvalue weighted by atomic mass is 79.9. The number of aliphatic hydroxyl groups excluding tert-OH is 1. The molecule has 2 aromatic heterocycles. The quantitative estimate of drug-likeness (QED) is 0.370. The summed E-state index contributed by atoms with van der Waals surface area (Å²) in [5, 5.41) is 13.3. The van der Waals surface area contributed by atoms with Crippen molar-refractivity contribution in [1.29, 1.82) is 0 Å². The van der Waals surface area contributed by atoms with Crippen molar-refractivity contribution in [2.24, 2.45) is 4.99 Å². The Morgan fingerprint density at radius 2 is 1.91 bits per heavy atom. The molecule has 0 saturated carbocycles. The van der Waals surface area contributed by atoms with Crippen molar-refractivity contribution in [3.05, 3.63) is 87.6 Å². The lowest BCUT2D eigenvalue weighted by atomic mass is 10.1. The van der Waals surface area contributed by atoms with Gasteiger partial charge in [-0.2, -0.15) is 0 Å². The fourth-order valence-electron chi connectivity index (χ4n) is 3.29. The summed E-state index contributed by atoms with van der Waals surface area (Å²) in [4.78, 5) is 22.1. The minimum absolute atomic E-state index is 0.140. The molecule has 0 aliphatic rings. The molecule has 0 atom stereocenters. The van der Waals surface area contributed by atoms with Crippen LogP contribution in [0.15, 0.2) is 74.7 Å². The summed E-state index contributed by atoms with van der Waals surface area (Å²) in [7, 11) is 0. The van der Waals surface area contributed by atoms with Gasteiger partial charge in [-0.25, -0.2) is 4.99 Å². The Balaban J connectivity index is 1.86. The number of aliphatic hydroxyl groups is 1. The molecule has 0 spiro atoms. The monoisotopic (exact) mass is 507 g/mol. The molecule has 0 unspecified atom stereocenters. The van der Waals surface area contributed by atoms with Crippen molar-refractivity contribution in [3.8, 4) is 5.75 Å². The third kappa shape index (κ3) is 5.13. The lowest BCUT2D eigenvalue weighted by Crippen LogP contribution is -2.22. The van der Waals surface area contributed by atoms with Crippen LogP contribution in [0, 0.1) is 6.92 Å². The number of anilines is 1. The molecule has 4 rings (SSSR count). The zero-order valence-corrected chi connectivity index (χ0v) is 19.7. The van der Waals surface area contributed by atoms with Gasteiger partial charge in [-0.05, 0) is 68.4 Å². The number of ether oxygens (including phenoxy) is 1. The second-order valence-electron chi connectivity index (χ2n) is 7.23. The maximum atomic E-state index is 13.2. The number of carbonyl (C=O) groups is 1. The van der Waals surface area contributed by atoms with E-state index >= 15 is 0 Å². The SMILES string of the molecule is CCOc1ccc(N=c2oc3c(C)ncc(CO)c3cc2C(=O)Nc2ccc(Br)cc2)cc1. The first-order chi connectivity index (χ1) is 16.0. The van der Waals surface area contributed by atoms with E-state index in [-0.39, 0.29) is 23.6 Å². The predicted molar refractivity (Wildman–Crippen MR) is 130 cm³/mol. The first-order valence-corrected chi connectivity index (χ1v) is 11.2. The van der Waals surface area contributed by atoms with E-state index in [9.17, 15) is 9.90 Å². The molecule has 1 amide bonds. The summed E-state index contributed by atoms with van der Waals surface area (Å²) < 4.78 is 12.5. The first-order valence-electron chi connectivity index (χ1n) is 10.4.